The minimum Gasteiger partial charge on any atom is -0.496 e. The lowest BCUT2D eigenvalue weighted by atomic mass is 10.1. The molecule has 0 heterocycles. The summed E-state index contributed by atoms with van der Waals surface area (Å²) >= 11 is 0. The molecule has 19 heavy (non-hydrogen) atoms. The smallest absolute Gasteiger partial charge is 0.121 e. The third kappa shape index (κ3) is 4.92. The Labute approximate surface area is 116 Å². The van der Waals surface area contributed by atoms with Gasteiger partial charge in [-0.1, -0.05) is 19.1 Å². The van der Waals surface area contributed by atoms with Crippen molar-refractivity contribution in [1.82, 2.24) is 4.90 Å². The molecule has 0 aliphatic rings. The van der Waals surface area contributed by atoms with Crippen molar-refractivity contribution >= 4 is 0 Å². The number of nitriles is 1. The van der Waals surface area contributed by atoms with Gasteiger partial charge in [-0.3, -0.25) is 0 Å². The van der Waals surface area contributed by atoms with Crippen LogP contribution < -0.4 is 4.74 Å². The quantitative estimate of drug-likeness (QED) is 0.756. The highest BCUT2D eigenvalue weighted by Gasteiger charge is 2.08. The Morgan fingerprint density at radius 1 is 1.42 bits per heavy atom. The lowest BCUT2D eigenvalue weighted by Crippen LogP contribution is -2.27. The Morgan fingerprint density at radius 2 is 2.16 bits per heavy atom. The first-order chi connectivity index (χ1) is 9.10. The van der Waals surface area contributed by atoms with E-state index in [9.17, 15) is 0 Å². The van der Waals surface area contributed by atoms with Gasteiger partial charge in [0.05, 0.1) is 19.1 Å². The van der Waals surface area contributed by atoms with E-state index in [1.807, 2.05) is 6.07 Å². The minimum atomic E-state index is 0.141. The monoisotopic (exact) mass is 260 g/mol. The summed E-state index contributed by atoms with van der Waals surface area (Å²) in [6, 6.07) is 8.66. The number of aryl methyl sites for hydroxylation is 1. The van der Waals surface area contributed by atoms with E-state index in [-0.39, 0.29) is 5.92 Å². The summed E-state index contributed by atoms with van der Waals surface area (Å²) in [5.41, 5.74) is 2.49. The Morgan fingerprint density at radius 3 is 2.68 bits per heavy atom. The van der Waals surface area contributed by atoms with Gasteiger partial charge in [0.2, 0.25) is 0 Å². The van der Waals surface area contributed by atoms with Gasteiger partial charge in [0, 0.05) is 13.1 Å². The Bertz CT molecular complexity index is 437. The van der Waals surface area contributed by atoms with E-state index >= 15 is 0 Å². The summed E-state index contributed by atoms with van der Waals surface area (Å²) < 4.78 is 5.26. The highest BCUT2D eigenvalue weighted by atomic mass is 16.5. The molecule has 0 bridgehead atoms. The molecule has 3 heteroatoms. The molecule has 0 aliphatic heterocycles. The second-order valence-electron chi connectivity index (χ2n) is 5.05. The fourth-order valence-corrected chi connectivity index (χ4v) is 2.14. The van der Waals surface area contributed by atoms with Crippen molar-refractivity contribution in [1.29, 1.82) is 5.26 Å². The number of rotatable bonds is 7. The number of methoxy groups -OCH3 is 1. The SMILES string of the molecule is CCC(C#N)CN(C)CCc1ccc(OC)c(C)c1. The number of nitrogens with zero attached hydrogens (tertiary/aromatic N) is 2. The normalized spacial score (nSPS) is 12.2. The van der Waals surface area contributed by atoms with Gasteiger partial charge in [-0.25, -0.2) is 0 Å². The van der Waals surface area contributed by atoms with E-state index in [4.69, 9.17) is 10.00 Å². The fraction of sp³-hybridized carbons (Fsp3) is 0.562. The van der Waals surface area contributed by atoms with Crippen molar-refractivity contribution < 1.29 is 4.74 Å². The van der Waals surface area contributed by atoms with Crippen LogP contribution in [-0.4, -0.2) is 32.1 Å². The predicted molar refractivity (Wildman–Crippen MR) is 78.3 cm³/mol. The molecule has 0 aliphatic carbocycles. The molecular formula is C16H24N2O. The van der Waals surface area contributed by atoms with E-state index in [0.29, 0.717) is 0 Å². The van der Waals surface area contributed by atoms with Crippen LogP contribution in [0, 0.1) is 24.2 Å². The number of benzene rings is 1. The molecule has 1 atom stereocenters. The van der Waals surface area contributed by atoms with Crippen LogP contribution in [0.5, 0.6) is 5.75 Å². The number of ether oxygens (including phenoxy) is 1. The van der Waals surface area contributed by atoms with Gasteiger partial charge in [0.15, 0.2) is 0 Å². The summed E-state index contributed by atoms with van der Waals surface area (Å²) in [5.74, 6) is 1.08. The zero-order valence-corrected chi connectivity index (χ0v) is 12.4. The van der Waals surface area contributed by atoms with Gasteiger partial charge in [-0.2, -0.15) is 5.26 Å². The molecule has 0 fully saturated rings. The van der Waals surface area contributed by atoms with E-state index in [1.54, 1.807) is 7.11 Å². The van der Waals surface area contributed by atoms with Gasteiger partial charge >= 0.3 is 0 Å². The molecular weight excluding hydrogens is 236 g/mol. The standard InChI is InChI=1S/C16H24N2O/c1-5-14(11-17)12-18(3)9-8-15-6-7-16(19-4)13(2)10-15/h6-7,10,14H,5,8-9,12H2,1-4H3. The van der Waals surface area contributed by atoms with Crippen LogP contribution in [-0.2, 0) is 6.42 Å². The minimum absolute atomic E-state index is 0.141. The van der Waals surface area contributed by atoms with Gasteiger partial charge in [0.1, 0.15) is 5.75 Å². The largest absolute Gasteiger partial charge is 0.496 e. The molecule has 0 radical (unpaired) electrons. The lowest BCUT2D eigenvalue weighted by Gasteiger charge is -2.19. The molecule has 1 aromatic rings. The maximum absolute atomic E-state index is 8.96. The third-order valence-electron chi connectivity index (χ3n) is 3.45. The molecule has 104 valence electrons. The number of likely N-dealkylation sites (N-methyl/N-ethyl adjacent to an activating group) is 1. The first kappa shape index (κ1) is 15.5. The van der Waals surface area contributed by atoms with Crippen molar-refractivity contribution in [3.8, 4) is 11.8 Å². The molecule has 1 aromatic carbocycles. The molecule has 3 nitrogen and oxygen atoms in total. The lowest BCUT2D eigenvalue weighted by molar-refractivity contribution is 0.303. The average molecular weight is 260 g/mol. The van der Waals surface area contributed by atoms with Crippen molar-refractivity contribution in [3.05, 3.63) is 29.3 Å². The maximum atomic E-state index is 8.96. The number of hydrogen-bond donors (Lipinski definition) is 0. The predicted octanol–water partition coefficient (Wildman–Crippen LogP) is 3.03. The third-order valence-corrected chi connectivity index (χ3v) is 3.45. The van der Waals surface area contributed by atoms with Crippen LogP contribution in [0.3, 0.4) is 0 Å². The van der Waals surface area contributed by atoms with Gasteiger partial charge in [0.25, 0.3) is 0 Å². The molecule has 0 saturated heterocycles. The van der Waals surface area contributed by atoms with Gasteiger partial charge < -0.3 is 9.64 Å². The Hall–Kier alpha value is -1.53. The van der Waals surface area contributed by atoms with Crippen LogP contribution >= 0.6 is 0 Å². The molecule has 0 spiro atoms. The Kier molecular flexibility index (Phi) is 6.38. The summed E-state index contributed by atoms with van der Waals surface area (Å²) in [7, 11) is 3.78. The molecule has 0 saturated carbocycles. The van der Waals surface area contributed by atoms with Crippen molar-refractivity contribution in [3.63, 3.8) is 0 Å². The van der Waals surface area contributed by atoms with E-state index in [1.165, 1.54) is 11.1 Å². The topological polar surface area (TPSA) is 36.3 Å². The summed E-state index contributed by atoms with van der Waals surface area (Å²) in [6.07, 6.45) is 1.92. The van der Waals surface area contributed by atoms with Crippen LogP contribution in [0.2, 0.25) is 0 Å². The zero-order chi connectivity index (χ0) is 14.3. The second-order valence-corrected chi connectivity index (χ2v) is 5.05. The summed E-state index contributed by atoms with van der Waals surface area (Å²) in [4.78, 5) is 2.23. The van der Waals surface area contributed by atoms with Gasteiger partial charge in [-0.15, -0.1) is 0 Å². The van der Waals surface area contributed by atoms with E-state index in [0.717, 1.165) is 31.7 Å². The Balaban J connectivity index is 2.48. The maximum Gasteiger partial charge on any atom is 0.121 e. The first-order valence-corrected chi connectivity index (χ1v) is 6.82. The van der Waals surface area contributed by atoms with Crippen molar-refractivity contribution in [2.24, 2.45) is 5.92 Å². The second kappa shape index (κ2) is 7.81. The number of hydrogen-bond acceptors (Lipinski definition) is 3. The van der Waals surface area contributed by atoms with Crippen LogP contribution in [0.25, 0.3) is 0 Å². The summed E-state index contributed by atoms with van der Waals surface area (Å²) in [6.45, 7) is 5.95. The van der Waals surface area contributed by atoms with Crippen molar-refractivity contribution in [2.75, 3.05) is 27.2 Å². The molecule has 0 amide bonds. The van der Waals surface area contributed by atoms with Crippen LogP contribution in [0.15, 0.2) is 18.2 Å². The molecule has 0 aromatic heterocycles. The first-order valence-electron chi connectivity index (χ1n) is 6.82. The van der Waals surface area contributed by atoms with Crippen molar-refractivity contribution in [2.45, 2.75) is 26.7 Å². The summed E-state index contributed by atoms with van der Waals surface area (Å²) in [5, 5.41) is 8.96. The molecule has 1 unspecified atom stereocenters. The van der Waals surface area contributed by atoms with Gasteiger partial charge in [-0.05, 0) is 44.0 Å². The highest BCUT2D eigenvalue weighted by Crippen LogP contribution is 2.18. The van der Waals surface area contributed by atoms with E-state index < -0.39 is 0 Å². The highest BCUT2D eigenvalue weighted by molar-refractivity contribution is 5.36. The van der Waals surface area contributed by atoms with E-state index in [2.05, 4.69) is 44.0 Å². The zero-order valence-electron chi connectivity index (χ0n) is 12.4. The van der Waals surface area contributed by atoms with Crippen LogP contribution in [0.1, 0.15) is 24.5 Å². The molecule has 0 N–H and O–H groups in total. The fourth-order valence-electron chi connectivity index (χ4n) is 2.14. The average Bonchev–Trinajstić information content (AvgIpc) is 2.42. The van der Waals surface area contributed by atoms with Crippen LogP contribution in [0.4, 0.5) is 0 Å². The molecule has 1 rings (SSSR count).